The number of nitrogens with one attached hydrogen (secondary N) is 2. The second-order valence-corrected chi connectivity index (χ2v) is 7.65. The molecule has 1 heterocycles. The van der Waals surface area contributed by atoms with Gasteiger partial charge in [-0.25, -0.2) is 0 Å². The van der Waals surface area contributed by atoms with E-state index in [0.29, 0.717) is 6.61 Å². The van der Waals surface area contributed by atoms with Crippen LogP contribution >= 0.6 is 24.0 Å². The highest BCUT2D eigenvalue weighted by molar-refractivity contribution is 14.0. The van der Waals surface area contributed by atoms with E-state index in [9.17, 15) is 5.11 Å². The number of aliphatic hydroxyl groups excluding tert-OH is 1. The molecular weight excluding hydrogens is 445 g/mol. The summed E-state index contributed by atoms with van der Waals surface area (Å²) in [6.45, 7) is 6.25. The standard InChI is InChI=1S/C19H37N3O3.HI/c1-3-12-25-19(7-5-4-6-8-19)15-22-17(20-2)21-14-18(9-11-23)10-13-24-16-18;/h23H,3-16H2,1-2H3,(H2,20,21,22);1H. The van der Waals surface area contributed by atoms with Gasteiger partial charge in [0.25, 0.3) is 0 Å². The van der Waals surface area contributed by atoms with Crippen LogP contribution in [0.1, 0.15) is 58.3 Å². The van der Waals surface area contributed by atoms with Gasteiger partial charge in [0, 0.05) is 45.4 Å². The van der Waals surface area contributed by atoms with Crippen molar-refractivity contribution in [1.29, 1.82) is 0 Å². The van der Waals surface area contributed by atoms with Gasteiger partial charge in [0.1, 0.15) is 0 Å². The van der Waals surface area contributed by atoms with Gasteiger partial charge in [-0.05, 0) is 32.1 Å². The van der Waals surface area contributed by atoms with Crippen LogP contribution in [0, 0.1) is 5.41 Å². The molecule has 1 aliphatic carbocycles. The van der Waals surface area contributed by atoms with Crippen LogP contribution in [0.15, 0.2) is 4.99 Å². The van der Waals surface area contributed by atoms with Crippen molar-refractivity contribution in [1.82, 2.24) is 10.6 Å². The van der Waals surface area contributed by atoms with Crippen LogP contribution in [-0.2, 0) is 9.47 Å². The third-order valence-electron chi connectivity index (χ3n) is 5.64. The van der Waals surface area contributed by atoms with Crippen molar-refractivity contribution in [2.75, 3.05) is 46.6 Å². The maximum absolute atomic E-state index is 9.36. The molecule has 1 saturated carbocycles. The maximum atomic E-state index is 9.36. The van der Waals surface area contributed by atoms with E-state index in [-0.39, 0.29) is 41.6 Å². The summed E-state index contributed by atoms with van der Waals surface area (Å²) in [4.78, 5) is 4.37. The van der Waals surface area contributed by atoms with Gasteiger partial charge >= 0.3 is 0 Å². The number of aliphatic imine (C=N–C) groups is 1. The Labute approximate surface area is 175 Å². The average molecular weight is 483 g/mol. The number of hydrogen-bond acceptors (Lipinski definition) is 4. The van der Waals surface area contributed by atoms with E-state index in [4.69, 9.17) is 9.47 Å². The molecule has 1 atom stereocenters. The van der Waals surface area contributed by atoms with Crippen LogP contribution in [0.2, 0.25) is 0 Å². The molecule has 0 aromatic rings. The molecule has 2 fully saturated rings. The Kier molecular flexibility index (Phi) is 11.4. The minimum absolute atomic E-state index is 0. The first-order valence-electron chi connectivity index (χ1n) is 9.95. The van der Waals surface area contributed by atoms with Gasteiger partial charge in [-0.1, -0.05) is 26.2 Å². The minimum Gasteiger partial charge on any atom is -0.396 e. The SMILES string of the molecule is CCCOC1(CNC(=NC)NCC2(CCO)CCOC2)CCCCC1.I. The monoisotopic (exact) mass is 483 g/mol. The van der Waals surface area contributed by atoms with E-state index in [2.05, 4.69) is 22.5 Å². The molecule has 0 radical (unpaired) electrons. The fraction of sp³-hybridized carbons (Fsp3) is 0.947. The van der Waals surface area contributed by atoms with Gasteiger partial charge in [-0.2, -0.15) is 0 Å². The number of guanidine groups is 1. The predicted molar refractivity (Wildman–Crippen MR) is 116 cm³/mol. The smallest absolute Gasteiger partial charge is 0.191 e. The largest absolute Gasteiger partial charge is 0.396 e. The van der Waals surface area contributed by atoms with Gasteiger partial charge < -0.3 is 25.2 Å². The molecule has 1 unspecified atom stereocenters. The molecule has 0 amide bonds. The van der Waals surface area contributed by atoms with Gasteiger partial charge in [-0.3, -0.25) is 4.99 Å². The van der Waals surface area contributed by atoms with Crippen molar-refractivity contribution in [3.63, 3.8) is 0 Å². The van der Waals surface area contributed by atoms with Crippen LogP contribution in [0.3, 0.4) is 0 Å². The van der Waals surface area contributed by atoms with E-state index in [1.807, 2.05) is 0 Å². The lowest BCUT2D eigenvalue weighted by atomic mass is 9.84. The van der Waals surface area contributed by atoms with Crippen molar-refractivity contribution in [2.45, 2.75) is 63.9 Å². The summed E-state index contributed by atoms with van der Waals surface area (Å²) in [5.74, 6) is 0.814. The molecule has 1 saturated heterocycles. The van der Waals surface area contributed by atoms with Gasteiger partial charge in [0.05, 0.1) is 12.2 Å². The molecule has 1 aliphatic heterocycles. The fourth-order valence-corrected chi connectivity index (χ4v) is 3.94. The Hall–Kier alpha value is -0.120. The highest BCUT2D eigenvalue weighted by Crippen LogP contribution is 2.32. The zero-order valence-corrected chi connectivity index (χ0v) is 18.8. The summed E-state index contributed by atoms with van der Waals surface area (Å²) in [7, 11) is 1.81. The number of nitrogens with zero attached hydrogens (tertiary/aromatic N) is 1. The van der Waals surface area contributed by atoms with Crippen LogP contribution in [0.4, 0.5) is 0 Å². The molecule has 154 valence electrons. The molecule has 0 spiro atoms. The first kappa shape index (κ1) is 23.9. The molecular formula is C19H38IN3O3. The van der Waals surface area contributed by atoms with Crippen molar-refractivity contribution in [3.05, 3.63) is 0 Å². The number of ether oxygens (including phenoxy) is 2. The van der Waals surface area contributed by atoms with E-state index < -0.39 is 0 Å². The first-order valence-corrected chi connectivity index (χ1v) is 9.95. The van der Waals surface area contributed by atoms with Crippen LogP contribution in [-0.4, -0.2) is 63.2 Å². The maximum Gasteiger partial charge on any atom is 0.191 e. The number of rotatable bonds is 9. The summed E-state index contributed by atoms with van der Waals surface area (Å²) >= 11 is 0. The normalized spacial score (nSPS) is 25.6. The average Bonchev–Trinajstić information content (AvgIpc) is 3.10. The lowest BCUT2D eigenvalue weighted by Crippen LogP contribution is -2.51. The van der Waals surface area contributed by atoms with Crippen molar-refractivity contribution in [3.8, 4) is 0 Å². The zero-order valence-electron chi connectivity index (χ0n) is 16.5. The Morgan fingerprint density at radius 3 is 2.46 bits per heavy atom. The molecule has 3 N–H and O–H groups in total. The molecule has 0 aromatic heterocycles. The summed E-state index contributed by atoms with van der Waals surface area (Å²) in [6, 6.07) is 0. The second kappa shape index (κ2) is 12.4. The van der Waals surface area contributed by atoms with Crippen LogP contribution < -0.4 is 10.6 Å². The molecule has 0 aromatic carbocycles. The molecule has 6 nitrogen and oxygen atoms in total. The van der Waals surface area contributed by atoms with E-state index in [0.717, 1.165) is 64.4 Å². The lowest BCUT2D eigenvalue weighted by molar-refractivity contribution is -0.0657. The Morgan fingerprint density at radius 1 is 1.15 bits per heavy atom. The topological polar surface area (TPSA) is 75.1 Å². The van der Waals surface area contributed by atoms with E-state index >= 15 is 0 Å². The third-order valence-corrected chi connectivity index (χ3v) is 5.64. The minimum atomic E-state index is -0.0505. The Balaban J connectivity index is 0.00000338. The molecule has 7 heteroatoms. The van der Waals surface area contributed by atoms with Gasteiger partial charge in [0.2, 0.25) is 0 Å². The molecule has 2 aliphatic rings. The van der Waals surface area contributed by atoms with Crippen molar-refractivity contribution in [2.24, 2.45) is 10.4 Å². The summed E-state index contributed by atoms with van der Waals surface area (Å²) in [5.41, 5.74) is -0.0290. The lowest BCUT2D eigenvalue weighted by Gasteiger charge is -2.38. The van der Waals surface area contributed by atoms with E-state index in [1.165, 1.54) is 19.3 Å². The van der Waals surface area contributed by atoms with Crippen LogP contribution in [0.25, 0.3) is 0 Å². The molecule has 0 bridgehead atoms. The van der Waals surface area contributed by atoms with Crippen molar-refractivity contribution < 1.29 is 14.6 Å². The highest BCUT2D eigenvalue weighted by Gasteiger charge is 2.35. The van der Waals surface area contributed by atoms with Crippen LogP contribution in [0.5, 0.6) is 0 Å². The van der Waals surface area contributed by atoms with Gasteiger partial charge in [0.15, 0.2) is 5.96 Å². The number of halogens is 1. The number of hydrogen-bond donors (Lipinski definition) is 3. The Morgan fingerprint density at radius 2 is 1.88 bits per heavy atom. The Bertz CT molecular complexity index is 409. The summed E-state index contributed by atoms with van der Waals surface area (Å²) < 4.78 is 11.8. The quantitative estimate of drug-likeness (QED) is 0.267. The fourth-order valence-electron chi connectivity index (χ4n) is 3.94. The van der Waals surface area contributed by atoms with Crippen molar-refractivity contribution >= 4 is 29.9 Å². The number of aliphatic hydroxyl groups is 1. The van der Waals surface area contributed by atoms with Gasteiger partial charge in [-0.15, -0.1) is 24.0 Å². The first-order chi connectivity index (χ1) is 12.2. The molecule has 2 rings (SSSR count). The molecule has 26 heavy (non-hydrogen) atoms. The zero-order chi connectivity index (χ0) is 18.0. The third kappa shape index (κ3) is 7.13. The predicted octanol–water partition coefficient (Wildman–Crippen LogP) is 2.69. The second-order valence-electron chi connectivity index (χ2n) is 7.65. The van der Waals surface area contributed by atoms with E-state index in [1.54, 1.807) is 7.05 Å². The highest BCUT2D eigenvalue weighted by atomic mass is 127. The summed E-state index contributed by atoms with van der Waals surface area (Å²) in [5, 5.41) is 16.3. The summed E-state index contributed by atoms with van der Waals surface area (Å²) in [6.07, 6.45) is 8.86.